The highest BCUT2D eigenvalue weighted by molar-refractivity contribution is 8.16. The molecule has 4 unspecified atom stereocenters. The number of hydrogen-bond acceptors (Lipinski definition) is 7. The monoisotopic (exact) mass is 370 g/mol. The van der Waals surface area contributed by atoms with E-state index in [0.717, 1.165) is 25.2 Å². The van der Waals surface area contributed by atoms with Gasteiger partial charge < -0.3 is 15.4 Å². The summed E-state index contributed by atoms with van der Waals surface area (Å²) in [6.45, 7) is 4.82. The van der Waals surface area contributed by atoms with Gasteiger partial charge in [-0.1, -0.05) is 23.5 Å². The van der Waals surface area contributed by atoms with Gasteiger partial charge in [-0.2, -0.15) is 0 Å². The minimum absolute atomic E-state index is 0.0356. The first-order chi connectivity index (χ1) is 11.5. The maximum atomic E-state index is 12.2. The summed E-state index contributed by atoms with van der Waals surface area (Å²) in [6, 6.07) is 0.106. The summed E-state index contributed by atoms with van der Waals surface area (Å²) in [5.74, 6) is 0.539. The molecule has 0 spiro atoms. The lowest BCUT2D eigenvalue weighted by Crippen LogP contribution is -2.35. The molecule has 0 radical (unpaired) electrons. The van der Waals surface area contributed by atoms with Crippen molar-refractivity contribution >= 4 is 45.5 Å². The van der Waals surface area contributed by atoms with Gasteiger partial charge in [0.05, 0.1) is 23.4 Å². The molecule has 2 amide bonds. The molecule has 7 nitrogen and oxygen atoms in total. The van der Waals surface area contributed by atoms with E-state index in [4.69, 9.17) is 4.74 Å². The summed E-state index contributed by atoms with van der Waals surface area (Å²) < 4.78 is 5.51. The summed E-state index contributed by atoms with van der Waals surface area (Å²) in [5, 5.41) is 7.00. The van der Waals surface area contributed by atoms with Crippen LogP contribution in [-0.4, -0.2) is 64.4 Å². The number of nitrogens with zero attached hydrogens (tertiary/aromatic N) is 2. The standard InChI is InChI=1S/C15H22N4O3S2/c1-8-12(24-15(17-8)18-9(2)20)11-7-23-14(19-11)13(21)16-6-10-4-3-5-22-10/h8,10-12H,3-7H2,1-2H3,(H,16,21)(H,17,18,20). The maximum absolute atomic E-state index is 12.2. The van der Waals surface area contributed by atoms with Crippen molar-refractivity contribution in [3.05, 3.63) is 0 Å². The van der Waals surface area contributed by atoms with Crippen LogP contribution in [0.3, 0.4) is 0 Å². The quantitative estimate of drug-likeness (QED) is 0.763. The van der Waals surface area contributed by atoms with E-state index in [1.165, 1.54) is 30.4 Å². The van der Waals surface area contributed by atoms with Crippen LogP contribution in [-0.2, 0) is 14.3 Å². The molecule has 0 saturated carbocycles. The Labute approximate surface area is 149 Å². The van der Waals surface area contributed by atoms with Gasteiger partial charge in [-0.25, -0.2) is 0 Å². The molecule has 2 N–H and O–H groups in total. The fraction of sp³-hybridized carbons (Fsp3) is 0.733. The molecule has 0 aromatic heterocycles. The van der Waals surface area contributed by atoms with Gasteiger partial charge in [-0.05, 0) is 19.8 Å². The lowest BCUT2D eigenvalue weighted by Gasteiger charge is -2.17. The van der Waals surface area contributed by atoms with Crippen LogP contribution in [0.5, 0.6) is 0 Å². The minimum Gasteiger partial charge on any atom is -0.376 e. The second kappa shape index (κ2) is 7.88. The summed E-state index contributed by atoms with van der Waals surface area (Å²) in [4.78, 5) is 32.5. The second-order valence-electron chi connectivity index (χ2n) is 6.10. The zero-order valence-corrected chi connectivity index (χ0v) is 15.4. The van der Waals surface area contributed by atoms with Gasteiger partial charge in [-0.15, -0.1) is 0 Å². The number of thioether (sulfide) groups is 2. The Morgan fingerprint density at radius 3 is 2.92 bits per heavy atom. The molecule has 0 aromatic rings. The molecular weight excluding hydrogens is 348 g/mol. The molecule has 4 atom stereocenters. The third-order valence-electron chi connectivity index (χ3n) is 4.09. The van der Waals surface area contributed by atoms with Gasteiger partial charge in [-0.3, -0.25) is 19.6 Å². The van der Waals surface area contributed by atoms with Crippen molar-refractivity contribution in [2.45, 2.75) is 50.1 Å². The Morgan fingerprint density at radius 1 is 1.38 bits per heavy atom. The van der Waals surface area contributed by atoms with Crippen molar-refractivity contribution in [3.8, 4) is 0 Å². The van der Waals surface area contributed by atoms with E-state index in [0.29, 0.717) is 16.8 Å². The van der Waals surface area contributed by atoms with Crippen LogP contribution < -0.4 is 10.6 Å². The van der Waals surface area contributed by atoms with Crippen molar-refractivity contribution in [3.63, 3.8) is 0 Å². The predicted octanol–water partition coefficient (Wildman–Crippen LogP) is 0.792. The number of amides is 2. The van der Waals surface area contributed by atoms with Crippen LogP contribution in [0, 0.1) is 0 Å². The van der Waals surface area contributed by atoms with Crippen LogP contribution in [0.25, 0.3) is 0 Å². The largest absolute Gasteiger partial charge is 0.376 e. The topological polar surface area (TPSA) is 92.2 Å². The zero-order valence-electron chi connectivity index (χ0n) is 13.8. The predicted molar refractivity (Wildman–Crippen MR) is 97.8 cm³/mol. The first kappa shape index (κ1) is 17.8. The van der Waals surface area contributed by atoms with Gasteiger partial charge in [0.1, 0.15) is 0 Å². The van der Waals surface area contributed by atoms with E-state index >= 15 is 0 Å². The van der Waals surface area contributed by atoms with Gasteiger partial charge in [0, 0.05) is 25.8 Å². The van der Waals surface area contributed by atoms with E-state index in [1.54, 1.807) is 0 Å². The summed E-state index contributed by atoms with van der Waals surface area (Å²) in [7, 11) is 0. The Bertz CT molecular complexity index is 575. The summed E-state index contributed by atoms with van der Waals surface area (Å²) >= 11 is 3.03. The molecule has 1 saturated heterocycles. The van der Waals surface area contributed by atoms with Gasteiger partial charge in [0.25, 0.3) is 5.91 Å². The van der Waals surface area contributed by atoms with Crippen molar-refractivity contribution in [1.82, 2.24) is 10.6 Å². The molecule has 3 rings (SSSR count). The minimum atomic E-state index is -0.118. The number of carbonyl (C=O) groups excluding carboxylic acids is 2. The average Bonchev–Trinajstić information content (AvgIpc) is 3.24. The van der Waals surface area contributed by atoms with Crippen molar-refractivity contribution in [2.24, 2.45) is 9.98 Å². The van der Waals surface area contributed by atoms with Crippen molar-refractivity contribution in [2.75, 3.05) is 18.9 Å². The number of hydrogen-bond donors (Lipinski definition) is 2. The van der Waals surface area contributed by atoms with E-state index in [9.17, 15) is 9.59 Å². The molecule has 0 aromatic carbocycles. The number of carbonyl (C=O) groups is 2. The van der Waals surface area contributed by atoms with Crippen molar-refractivity contribution < 1.29 is 14.3 Å². The molecule has 9 heteroatoms. The number of ether oxygens (including phenoxy) is 1. The first-order valence-corrected chi connectivity index (χ1v) is 10.0. The van der Waals surface area contributed by atoms with Crippen LogP contribution in [0.4, 0.5) is 0 Å². The number of aliphatic imine (C=N–C) groups is 2. The number of rotatable bonds is 4. The third-order valence-corrected chi connectivity index (χ3v) is 6.57. The number of amidine groups is 1. The fourth-order valence-corrected chi connectivity index (χ4v) is 5.30. The molecule has 3 aliphatic rings. The van der Waals surface area contributed by atoms with Gasteiger partial charge >= 0.3 is 0 Å². The van der Waals surface area contributed by atoms with Gasteiger partial charge in [0.2, 0.25) is 5.91 Å². The smallest absolute Gasteiger partial charge is 0.276 e. The van der Waals surface area contributed by atoms with Crippen LogP contribution in [0.15, 0.2) is 9.98 Å². The molecule has 1 fully saturated rings. The Kier molecular flexibility index (Phi) is 5.83. The highest BCUT2D eigenvalue weighted by Crippen LogP contribution is 2.34. The fourth-order valence-electron chi connectivity index (χ4n) is 2.90. The van der Waals surface area contributed by atoms with Crippen molar-refractivity contribution in [1.29, 1.82) is 0 Å². The molecule has 0 aliphatic carbocycles. The summed E-state index contributed by atoms with van der Waals surface area (Å²) in [5.41, 5.74) is 0. The Hall–Kier alpha value is -1.06. The SMILES string of the molecule is CC(=O)NC1=NC(C)C(C2CSC(C(=O)NCC3CCCO3)=N2)S1. The van der Waals surface area contributed by atoms with Gasteiger partial charge in [0.15, 0.2) is 10.2 Å². The van der Waals surface area contributed by atoms with Crippen LogP contribution >= 0.6 is 23.5 Å². The van der Waals surface area contributed by atoms with E-state index in [-0.39, 0.29) is 35.3 Å². The lowest BCUT2D eigenvalue weighted by molar-refractivity contribution is -0.117. The van der Waals surface area contributed by atoms with E-state index in [1.807, 2.05) is 6.92 Å². The molecule has 3 aliphatic heterocycles. The highest BCUT2D eigenvalue weighted by Gasteiger charge is 2.37. The molecule has 24 heavy (non-hydrogen) atoms. The normalized spacial score (nSPS) is 32.4. The Morgan fingerprint density at radius 2 is 2.21 bits per heavy atom. The maximum Gasteiger partial charge on any atom is 0.276 e. The van der Waals surface area contributed by atoms with E-state index < -0.39 is 0 Å². The molecular formula is C15H22N4O3S2. The zero-order chi connectivity index (χ0) is 17.1. The highest BCUT2D eigenvalue weighted by atomic mass is 32.2. The van der Waals surface area contributed by atoms with Crippen LogP contribution in [0.2, 0.25) is 0 Å². The molecule has 0 bridgehead atoms. The number of nitrogens with one attached hydrogen (secondary N) is 2. The average molecular weight is 371 g/mol. The molecule has 132 valence electrons. The first-order valence-electron chi connectivity index (χ1n) is 8.15. The third kappa shape index (κ3) is 4.31. The Balaban J connectivity index is 1.51. The summed E-state index contributed by atoms with van der Waals surface area (Å²) in [6.07, 6.45) is 2.20. The lowest BCUT2D eigenvalue weighted by atomic mass is 10.1. The van der Waals surface area contributed by atoms with E-state index in [2.05, 4.69) is 20.6 Å². The van der Waals surface area contributed by atoms with Crippen LogP contribution in [0.1, 0.15) is 26.7 Å². The molecule has 3 heterocycles. The second-order valence-corrected chi connectivity index (χ2v) is 8.27.